The van der Waals surface area contributed by atoms with Gasteiger partial charge in [-0.05, 0) is 50.2 Å². The number of hydrogen-bond acceptors (Lipinski definition) is 6. The van der Waals surface area contributed by atoms with Gasteiger partial charge >= 0.3 is 5.97 Å². The Balaban J connectivity index is 1.82. The molecule has 0 atom stereocenters. The third-order valence-electron chi connectivity index (χ3n) is 3.95. The Morgan fingerprint density at radius 1 is 1.10 bits per heavy atom. The largest absolute Gasteiger partial charge is 0.478 e. The number of carbonyl (C=O) groups excluding carboxylic acids is 1. The molecular formula is C19H18N4O5S2. The molecule has 1 aromatic heterocycles. The molecule has 0 unspecified atom stereocenters. The first-order valence-corrected chi connectivity index (χ1v) is 11.0. The topological polar surface area (TPSA) is 131 Å². The number of carboxylic acids is 1. The molecule has 1 heterocycles. The number of benzene rings is 2. The Morgan fingerprint density at radius 2 is 1.73 bits per heavy atom. The summed E-state index contributed by atoms with van der Waals surface area (Å²) < 4.78 is 30.2. The lowest BCUT2D eigenvalue weighted by Crippen LogP contribution is -2.27. The van der Waals surface area contributed by atoms with Crippen molar-refractivity contribution in [3.05, 3.63) is 69.5 Å². The highest BCUT2D eigenvalue weighted by Gasteiger charge is 2.15. The SMILES string of the molecule is Cc1ccc(S(=O)(=O)/N=c2\sc(C)nn2CC(=O)Nc2ccc(C(=O)O)cc2)cc1. The molecule has 3 aromatic rings. The van der Waals surface area contributed by atoms with Gasteiger partial charge in [-0.25, -0.2) is 9.48 Å². The summed E-state index contributed by atoms with van der Waals surface area (Å²) in [7, 11) is -3.96. The lowest BCUT2D eigenvalue weighted by atomic mass is 10.2. The standard InChI is InChI=1S/C19H18N4O5S2/c1-12-3-9-16(10-4-12)30(27,28)22-19-23(21-13(2)29-19)11-17(24)20-15-7-5-14(6-8-15)18(25)26/h3-10H,11H2,1-2H3,(H,20,24)(H,25,26)/b22-19-. The molecule has 0 bridgehead atoms. The summed E-state index contributed by atoms with van der Waals surface area (Å²) in [6.07, 6.45) is 0. The van der Waals surface area contributed by atoms with Gasteiger partial charge in [0.05, 0.1) is 10.5 Å². The van der Waals surface area contributed by atoms with Crippen molar-refractivity contribution < 1.29 is 23.1 Å². The molecule has 0 aliphatic rings. The minimum absolute atomic E-state index is 0.0497. The van der Waals surface area contributed by atoms with Gasteiger partial charge in [-0.3, -0.25) is 4.79 Å². The number of sulfonamides is 1. The van der Waals surface area contributed by atoms with Crippen molar-refractivity contribution in [1.82, 2.24) is 9.78 Å². The number of aromatic carboxylic acids is 1. The Kier molecular flexibility index (Phi) is 6.13. The van der Waals surface area contributed by atoms with Crippen LogP contribution in [0, 0.1) is 13.8 Å². The van der Waals surface area contributed by atoms with E-state index in [2.05, 4.69) is 14.8 Å². The molecule has 1 amide bonds. The fourth-order valence-corrected chi connectivity index (χ4v) is 4.43. The lowest BCUT2D eigenvalue weighted by molar-refractivity contribution is -0.117. The van der Waals surface area contributed by atoms with Gasteiger partial charge in [0.25, 0.3) is 10.0 Å². The number of aromatic nitrogens is 2. The molecule has 0 aliphatic carbocycles. The van der Waals surface area contributed by atoms with Gasteiger partial charge < -0.3 is 10.4 Å². The summed E-state index contributed by atoms with van der Waals surface area (Å²) in [4.78, 5) is 23.4. The Morgan fingerprint density at radius 3 is 2.33 bits per heavy atom. The van der Waals surface area contributed by atoms with Gasteiger partial charge in [-0.1, -0.05) is 29.0 Å². The van der Waals surface area contributed by atoms with E-state index in [0.717, 1.165) is 16.9 Å². The highest BCUT2D eigenvalue weighted by Crippen LogP contribution is 2.13. The average molecular weight is 447 g/mol. The van der Waals surface area contributed by atoms with Crippen molar-refractivity contribution in [2.75, 3.05) is 5.32 Å². The number of aryl methyl sites for hydroxylation is 2. The zero-order chi connectivity index (χ0) is 21.9. The predicted molar refractivity (Wildman–Crippen MR) is 111 cm³/mol. The van der Waals surface area contributed by atoms with Gasteiger partial charge in [0.15, 0.2) is 0 Å². The van der Waals surface area contributed by atoms with Crippen LogP contribution in [-0.2, 0) is 21.4 Å². The van der Waals surface area contributed by atoms with Crippen LogP contribution in [0.5, 0.6) is 0 Å². The third kappa shape index (κ3) is 5.19. The molecule has 9 nitrogen and oxygen atoms in total. The molecule has 2 aromatic carbocycles. The minimum atomic E-state index is -3.96. The van der Waals surface area contributed by atoms with Crippen LogP contribution in [0.1, 0.15) is 20.9 Å². The summed E-state index contributed by atoms with van der Waals surface area (Å²) in [5.41, 5.74) is 1.42. The lowest BCUT2D eigenvalue weighted by Gasteiger charge is -2.06. The van der Waals surface area contributed by atoms with Gasteiger partial charge in [-0.2, -0.15) is 13.5 Å². The van der Waals surface area contributed by atoms with Crippen LogP contribution in [0.2, 0.25) is 0 Å². The summed E-state index contributed by atoms with van der Waals surface area (Å²) in [5.74, 6) is -1.53. The van der Waals surface area contributed by atoms with E-state index < -0.39 is 21.9 Å². The van der Waals surface area contributed by atoms with Gasteiger partial charge in [0.1, 0.15) is 11.6 Å². The molecule has 0 radical (unpaired) electrons. The highest BCUT2D eigenvalue weighted by molar-refractivity contribution is 7.90. The fourth-order valence-electron chi connectivity index (χ4n) is 2.49. The van der Waals surface area contributed by atoms with Gasteiger partial charge in [-0.15, -0.1) is 4.40 Å². The number of hydrogen-bond donors (Lipinski definition) is 2. The third-order valence-corrected chi connectivity index (χ3v) is 6.21. The van der Waals surface area contributed by atoms with Crippen molar-refractivity contribution in [2.45, 2.75) is 25.3 Å². The maximum Gasteiger partial charge on any atom is 0.335 e. The molecule has 3 rings (SSSR count). The summed E-state index contributed by atoms with van der Waals surface area (Å²) >= 11 is 1.05. The molecule has 30 heavy (non-hydrogen) atoms. The second kappa shape index (κ2) is 8.59. The maximum absolute atomic E-state index is 12.6. The fraction of sp³-hybridized carbons (Fsp3) is 0.158. The first-order chi connectivity index (χ1) is 14.1. The Labute approximate surface area is 176 Å². The number of nitrogens with one attached hydrogen (secondary N) is 1. The van der Waals surface area contributed by atoms with Crippen molar-refractivity contribution in [1.29, 1.82) is 0 Å². The van der Waals surface area contributed by atoms with Gasteiger partial charge in [0, 0.05) is 5.69 Å². The number of amides is 1. The summed E-state index contributed by atoms with van der Waals surface area (Å²) in [6.45, 7) is 3.27. The van der Waals surface area contributed by atoms with Crippen molar-refractivity contribution in [2.24, 2.45) is 4.40 Å². The van der Waals surface area contributed by atoms with Crippen LogP contribution in [0.3, 0.4) is 0 Å². The number of anilines is 1. The van der Waals surface area contributed by atoms with E-state index in [4.69, 9.17) is 5.11 Å². The first-order valence-electron chi connectivity index (χ1n) is 8.69. The van der Waals surface area contributed by atoms with Crippen LogP contribution in [0.4, 0.5) is 5.69 Å². The second-order valence-electron chi connectivity index (χ2n) is 6.37. The van der Waals surface area contributed by atoms with Crippen LogP contribution in [0.25, 0.3) is 0 Å². The predicted octanol–water partition coefficient (Wildman–Crippen LogP) is 2.19. The molecular weight excluding hydrogens is 428 g/mol. The summed E-state index contributed by atoms with van der Waals surface area (Å²) in [5, 5.41) is 16.2. The van der Waals surface area contributed by atoms with Crippen LogP contribution in [-0.4, -0.2) is 35.2 Å². The average Bonchev–Trinajstić information content (AvgIpc) is 3.00. The molecule has 0 spiro atoms. The minimum Gasteiger partial charge on any atom is -0.478 e. The van der Waals surface area contributed by atoms with Crippen LogP contribution in [0.15, 0.2) is 57.8 Å². The van der Waals surface area contributed by atoms with E-state index in [9.17, 15) is 18.0 Å². The van der Waals surface area contributed by atoms with E-state index in [1.54, 1.807) is 19.1 Å². The first kappa shape index (κ1) is 21.4. The molecule has 0 fully saturated rings. The van der Waals surface area contributed by atoms with E-state index in [1.807, 2.05) is 6.92 Å². The number of nitrogens with zero attached hydrogens (tertiary/aromatic N) is 3. The molecule has 0 aliphatic heterocycles. The molecule has 0 saturated carbocycles. The number of carboxylic acid groups (broad SMARTS) is 1. The van der Waals surface area contributed by atoms with Gasteiger partial charge in [0.2, 0.25) is 10.7 Å². The van der Waals surface area contributed by atoms with Crippen molar-refractivity contribution >= 4 is 38.9 Å². The number of rotatable bonds is 6. The van der Waals surface area contributed by atoms with E-state index in [-0.39, 0.29) is 21.8 Å². The Bertz CT molecular complexity index is 1260. The van der Waals surface area contributed by atoms with Crippen molar-refractivity contribution in [3.63, 3.8) is 0 Å². The van der Waals surface area contributed by atoms with Crippen LogP contribution >= 0.6 is 11.3 Å². The van der Waals surface area contributed by atoms with Crippen molar-refractivity contribution in [3.8, 4) is 0 Å². The molecule has 156 valence electrons. The zero-order valence-corrected chi connectivity index (χ0v) is 17.7. The molecule has 11 heteroatoms. The second-order valence-corrected chi connectivity index (χ2v) is 9.14. The van der Waals surface area contributed by atoms with E-state index in [0.29, 0.717) is 10.7 Å². The molecule has 2 N–H and O–H groups in total. The molecule has 0 saturated heterocycles. The number of carbonyl (C=O) groups is 2. The normalized spacial score (nSPS) is 12.0. The quantitative estimate of drug-likeness (QED) is 0.597. The monoisotopic (exact) mass is 446 g/mol. The van der Waals surface area contributed by atoms with Crippen LogP contribution < -0.4 is 10.1 Å². The van der Waals surface area contributed by atoms with E-state index >= 15 is 0 Å². The Hall–Kier alpha value is -3.31. The maximum atomic E-state index is 12.6. The smallest absolute Gasteiger partial charge is 0.335 e. The highest BCUT2D eigenvalue weighted by atomic mass is 32.2. The zero-order valence-electron chi connectivity index (χ0n) is 16.1. The van der Waals surface area contributed by atoms with E-state index in [1.165, 1.54) is 41.1 Å². The summed E-state index contributed by atoms with van der Waals surface area (Å²) in [6, 6.07) is 12.0.